The molecule has 1 N–H and O–H groups in total. The molecule has 0 bridgehead atoms. The number of amides is 1. The monoisotopic (exact) mass is 336 g/mol. The average Bonchev–Trinajstić information content (AvgIpc) is 2.68. The molecule has 25 heavy (non-hydrogen) atoms. The third-order valence-corrected chi connectivity index (χ3v) is 5.24. The zero-order chi connectivity index (χ0) is 17.7. The van der Waals surface area contributed by atoms with E-state index < -0.39 is 5.54 Å². The minimum absolute atomic E-state index is 0.0899. The Hall–Kier alpha value is -2.13. The van der Waals surface area contributed by atoms with Crippen LogP contribution in [0.4, 0.5) is 0 Å². The lowest BCUT2D eigenvalue weighted by molar-refractivity contribution is -0.132. The van der Waals surface area contributed by atoms with Gasteiger partial charge in [-0.2, -0.15) is 0 Å². The molecule has 3 nitrogen and oxygen atoms in total. The van der Waals surface area contributed by atoms with Crippen LogP contribution in [0, 0.1) is 0 Å². The number of rotatable bonds is 5. The van der Waals surface area contributed by atoms with E-state index in [-0.39, 0.29) is 11.9 Å². The van der Waals surface area contributed by atoms with Crippen LogP contribution in [0.3, 0.4) is 0 Å². The van der Waals surface area contributed by atoms with Gasteiger partial charge >= 0.3 is 0 Å². The van der Waals surface area contributed by atoms with Crippen molar-refractivity contribution in [2.45, 2.75) is 44.7 Å². The van der Waals surface area contributed by atoms with E-state index in [4.69, 9.17) is 0 Å². The van der Waals surface area contributed by atoms with Gasteiger partial charge in [-0.25, -0.2) is 0 Å². The molecule has 1 saturated heterocycles. The molecule has 3 rings (SSSR count). The highest BCUT2D eigenvalue weighted by molar-refractivity contribution is 5.86. The Labute approximate surface area is 151 Å². The number of benzene rings is 2. The van der Waals surface area contributed by atoms with Crippen molar-refractivity contribution in [3.8, 4) is 0 Å². The second-order valence-corrected chi connectivity index (χ2v) is 7.33. The second kappa shape index (κ2) is 7.83. The van der Waals surface area contributed by atoms with Gasteiger partial charge in [0.25, 0.3) is 0 Å². The summed E-state index contributed by atoms with van der Waals surface area (Å²) in [6.45, 7) is 6.09. The third-order valence-electron chi connectivity index (χ3n) is 5.24. The highest BCUT2D eigenvalue weighted by Crippen LogP contribution is 2.25. The molecule has 0 atom stereocenters. The van der Waals surface area contributed by atoms with Gasteiger partial charge in [0.15, 0.2) is 0 Å². The van der Waals surface area contributed by atoms with Crippen LogP contribution < -0.4 is 5.32 Å². The summed E-state index contributed by atoms with van der Waals surface area (Å²) in [5.41, 5.74) is 1.72. The number of piperidine rings is 1. The van der Waals surface area contributed by atoms with Crippen LogP contribution in [0.25, 0.3) is 0 Å². The Morgan fingerprint density at radius 3 is 1.84 bits per heavy atom. The maximum atomic E-state index is 13.2. The van der Waals surface area contributed by atoms with Crippen LogP contribution in [0.5, 0.6) is 0 Å². The highest BCUT2D eigenvalue weighted by atomic mass is 16.2. The molecule has 0 spiro atoms. The summed E-state index contributed by atoms with van der Waals surface area (Å²) in [7, 11) is 0. The molecular weight excluding hydrogens is 308 g/mol. The zero-order valence-corrected chi connectivity index (χ0v) is 15.2. The fraction of sp³-hybridized carbons (Fsp3) is 0.409. The summed E-state index contributed by atoms with van der Waals surface area (Å²) in [6.07, 6.45) is 3.62. The van der Waals surface area contributed by atoms with Crippen molar-refractivity contribution in [3.05, 3.63) is 71.8 Å². The molecule has 0 radical (unpaired) electrons. The van der Waals surface area contributed by atoms with Crippen molar-refractivity contribution >= 4 is 5.91 Å². The largest absolute Gasteiger partial charge is 0.344 e. The lowest BCUT2D eigenvalue weighted by Gasteiger charge is -2.40. The van der Waals surface area contributed by atoms with Crippen LogP contribution in [-0.2, 0) is 4.79 Å². The molecule has 132 valence electrons. The van der Waals surface area contributed by atoms with E-state index in [1.165, 1.54) is 19.3 Å². The number of carbonyl (C=O) groups is 1. The van der Waals surface area contributed by atoms with E-state index >= 15 is 0 Å². The quantitative estimate of drug-likeness (QED) is 0.889. The molecular formula is C22H28N2O. The SMILES string of the molecule is CC(C)(C(=O)NC(c1ccccc1)c1ccccc1)N1CCCCC1. The van der Waals surface area contributed by atoms with E-state index in [9.17, 15) is 4.79 Å². The van der Waals surface area contributed by atoms with Crippen molar-refractivity contribution in [3.63, 3.8) is 0 Å². The first kappa shape index (κ1) is 17.7. The van der Waals surface area contributed by atoms with Gasteiger partial charge < -0.3 is 5.32 Å². The predicted molar refractivity (Wildman–Crippen MR) is 102 cm³/mol. The molecule has 2 aromatic rings. The Morgan fingerprint density at radius 2 is 1.36 bits per heavy atom. The Kier molecular flexibility index (Phi) is 5.54. The third kappa shape index (κ3) is 4.10. The fourth-order valence-corrected chi connectivity index (χ4v) is 3.55. The molecule has 1 aliphatic heterocycles. The van der Waals surface area contributed by atoms with Gasteiger partial charge in [0, 0.05) is 0 Å². The highest BCUT2D eigenvalue weighted by Gasteiger charge is 2.36. The van der Waals surface area contributed by atoms with E-state index in [0.29, 0.717) is 0 Å². The van der Waals surface area contributed by atoms with Gasteiger partial charge in [-0.15, -0.1) is 0 Å². The van der Waals surface area contributed by atoms with Gasteiger partial charge in [0.05, 0.1) is 11.6 Å². The normalized spacial score (nSPS) is 16.0. The Bertz CT molecular complexity index is 636. The van der Waals surface area contributed by atoms with Crippen molar-refractivity contribution in [1.82, 2.24) is 10.2 Å². The fourth-order valence-electron chi connectivity index (χ4n) is 3.55. The van der Waals surface area contributed by atoms with Crippen LogP contribution in [0.2, 0.25) is 0 Å². The summed E-state index contributed by atoms with van der Waals surface area (Å²) in [5, 5.41) is 3.31. The molecule has 1 aliphatic rings. The average molecular weight is 336 g/mol. The Balaban J connectivity index is 1.83. The minimum atomic E-state index is -0.498. The molecule has 1 heterocycles. The number of likely N-dealkylation sites (tertiary alicyclic amines) is 1. The summed E-state index contributed by atoms with van der Waals surface area (Å²) in [5.74, 6) is 0.0899. The van der Waals surface area contributed by atoms with Crippen LogP contribution >= 0.6 is 0 Å². The van der Waals surface area contributed by atoms with Gasteiger partial charge in [-0.1, -0.05) is 67.1 Å². The molecule has 0 aromatic heterocycles. The molecule has 0 saturated carbocycles. The lowest BCUT2D eigenvalue weighted by atomic mass is 9.94. The molecule has 3 heteroatoms. The van der Waals surface area contributed by atoms with Crippen molar-refractivity contribution in [2.24, 2.45) is 0 Å². The number of nitrogens with one attached hydrogen (secondary N) is 1. The standard InChI is InChI=1S/C22H28N2O/c1-22(2,24-16-10-5-11-17-24)21(25)23-20(18-12-6-3-7-13-18)19-14-8-4-9-15-19/h3-4,6-9,12-15,20H,5,10-11,16-17H2,1-2H3,(H,23,25). The molecule has 2 aromatic carbocycles. The number of hydrogen-bond donors (Lipinski definition) is 1. The number of carbonyl (C=O) groups excluding carboxylic acids is 1. The lowest BCUT2D eigenvalue weighted by Crippen LogP contribution is -2.56. The van der Waals surface area contributed by atoms with Crippen LogP contribution in [0.1, 0.15) is 50.3 Å². The summed E-state index contributed by atoms with van der Waals surface area (Å²) in [6, 6.07) is 20.3. The van der Waals surface area contributed by atoms with Gasteiger partial charge in [-0.05, 0) is 50.9 Å². The first-order chi connectivity index (χ1) is 12.1. The topological polar surface area (TPSA) is 32.3 Å². The van der Waals surface area contributed by atoms with E-state index in [0.717, 1.165) is 24.2 Å². The summed E-state index contributed by atoms with van der Waals surface area (Å²) in [4.78, 5) is 15.5. The first-order valence-electron chi connectivity index (χ1n) is 9.25. The predicted octanol–water partition coefficient (Wildman–Crippen LogP) is 4.16. The van der Waals surface area contributed by atoms with Gasteiger partial charge in [0.2, 0.25) is 5.91 Å². The summed E-state index contributed by atoms with van der Waals surface area (Å²) >= 11 is 0. The van der Waals surface area contributed by atoms with Crippen molar-refractivity contribution in [2.75, 3.05) is 13.1 Å². The Morgan fingerprint density at radius 1 is 0.880 bits per heavy atom. The van der Waals surface area contributed by atoms with Crippen LogP contribution in [-0.4, -0.2) is 29.4 Å². The smallest absolute Gasteiger partial charge is 0.240 e. The van der Waals surface area contributed by atoms with Crippen molar-refractivity contribution in [1.29, 1.82) is 0 Å². The van der Waals surface area contributed by atoms with E-state index in [2.05, 4.69) is 34.5 Å². The van der Waals surface area contributed by atoms with E-state index in [1.54, 1.807) is 0 Å². The maximum Gasteiger partial charge on any atom is 0.240 e. The van der Waals surface area contributed by atoms with E-state index in [1.807, 2.05) is 50.2 Å². The second-order valence-electron chi connectivity index (χ2n) is 7.33. The molecule has 1 fully saturated rings. The van der Waals surface area contributed by atoms with Crippen molar-refractivity contribution < 1.29 is 4.79 Å². The molecule has 0 aliphatic carbocycles. The molecule has 1 amide bonds. The number of hydrogen-bond acceptors (Lipinski definition) is 2. The minimum Gasteiger partial charge on any atom is -0.344 e. The van der Waals surface area contributed by atoms with Gasteiger partial charge in [0.1, 0.15) is 0 Å². The number of nitrogens with zero attached hydrogens (tertiary/aromatic N) is 1. The zero-order valence-electron chi connectivity index (χ0n) is 15.2. The maximum absolute atomic E-state index is 13.2. The molecule has 0 unspecified atom stereocenters. The van der Waals surface area contributed by atoms with Gasteiger partial charge in [-0.3, -0.25) is 9.69 Å². The first-order valence-corrected chi connectivity index (χ1v) is 9.25. The van der Waals surface area contributed by atoms with Crippen LogP contribution in [0.15, 0.2) is 60.7 Å². The summed E-state index contributed by atoms with van der Waals surface area (Å²) < 4.78 is 0.